The molecule has 0 aliphatic heterocycles. The number of anilines is 1. The van der Waals surface area contributed by atoms with E-state index in [1.165, 1.54) is 0 Å². The van der Waals surface area contributed by atoms with E-state index in [1.54, 1.807) is 30.3 Å². The van der Waals surface area contributed by atoms with Gasteiger partial charge in [0.15, 0.2) is 5.11 Å². The van der Waals surface area contributed by atoms with Crippen molar-refractivity contribution in [3.63, 3.8) is 0 Å². The Hall–Kier alpha value is -2.86. The maximum Gasteiger partial charge on any atom is 0.257 e. The van der Waals surface area contributed by atoms with Crippen LogP contribution in [0.1, 0.15) is 24.2 Å². The van der Waals surface area contributed by atoms with Gasteiger partial charge in [-0.05, 0) is 66.7 Å². The minimum Gasteiger partial charge on any atom is -0.493 e. The number of rotatable bonds is 8. The molecule has 0 bridgehead atoms. The summed E-state index contributed by atoms with van der Waals surface area (Å²) in [7, 11) is 0. The largest absolute Gasteiger partial charge is 0.493 e. The third-order valence-electron chi connectivity index (χ3n) is 3.41. The van der Waals surface area contributed by atoms with Gasteiger partial charge in [0.05, 0.1) is 6.61 Å². The fraction of sp³-hybridized carbons (Fsp3) is 0.238. The lowest BCUT2D eigenvalue weighted by Gasteiger charge is -2.11. The van der Waals surface area contributed by atoms with Crippen LogP contribution in [0.5, 0.6) is 11.5 Å². The first-order valence-electron chi connectivity index (χ1n) is 8.67. The van der Waals surface area contributed by atoms with Gasteiger partial charge in [0, 0.05) is 11.3 Å². The molecule has 2 aromatic carbocycles. The number of amides is 1. The van der Waals surface area contributed by atoms with E-state index < -0.39 is 0 Å². The van der Waals surface area contributed by atoms with E-state index >= 15 is 0 Å². The Bertz CT molecular complexity index is 771. The molecule has 142 valence electrons. The summed E-state index contributed by atoms with van der Waals surface area (Å²) in [6.45, 7) is 8.85. The summed E-state index contributed by atoms with van der Waals surface area (Å²) >= 11 is 5.20. The molecule has 2 N–H and O–H groups in total. The lowest BCUT2D eigenvalue weighted by Crippen LogP contribution is -2.34. The van der Waals surface area contributed by atoms with Gasteiger partial charge < -0.3 is 14.8 Å². The molecule has 0 aliphatic rings. The average Bonchev–Trinajstić information content (AvgIpc) is 2.66. The van der Waals surface area contributed by atoms with E-state index in [4.69, 9.17) is 21.7 Å². The van der Waals surface area contributed by atoms with Gasteiger partial charge in [-0.3, -0.25) is 10.1 Å². The van der Waals surface area contributed by atoms with Crippen LogP contribution in [-0.4, -0.2) is 24.2 Å². The molecule has 0 aliphatic carbocycles. The second-order valence-corrected chi connectivity index (χ2v) is 6.67. The smallest absolute Gasteiger partial charge is 0.257 e. The van der Waals surface area contributed by atoms with Crippen molar-refractivity contribution >= 4 is 28.9 Å². The van der Waals surface area contributed by atoms with Crippen molar-refractivity contribution in [3.05, 3.63) is 66.7 Å². The summed E-state index contributed by atoms with van der Waals surface area (Å²) in [6, 6.07) is 14.2. The first kappa shape index (κ1) is 20.5. The number of carbonyl (C=O) groups is 1. The number of nitrogens with one attached hydrogen (secondary N) is 2. The summed E-state index contributed by atoms with van der Waals surface area (Å²) in [4.78, 5) is 12.3. The molecule has 0 atom stereocenters. The highest BCUT2D eigenvalue weighted by atomic mass is 32.1. The fourth-order valence-electron chi connectivity index (χ4n) is 2.09. The molecule has 2 rings (SSSR count). The number of carbonyl (C=O) groups excluding carboxylic acids is 1. The van der Waals surface area contributed by atoms with Crippen LogP contribution < -0.4 is 20.1 Å². The minimum atomic E-state index is -0.283. The topological polar surface area (TPSA) is 59.6 Å². The van der Waals surface area contributed by atoms with Crippen LogP contribution >= 0.6 is 12.2 Å². The predicted octanol–water partition coefficient (Wildman–Crippen LogP) is 4.41. The summed E-state index contributed by atoms with van der Waals surface area (Å²) < 4.78 is 11.0. The van der Waals surface area contributed by atoms with Gasteiger partial charge in [-0.1, -0.05) is 26.5 Å². The SMILES string of the molecule is C=CCOc1ccc(NC(=S)NC(=O)c2ccc(OCC(C)C)cc2)cc1. The van der Waals surface area contributed by atoms with Gasteiger partial charge in [-0.15, -0.1) is 0 Å². The Morgan fingerprint density at radius 1 is 1.07 bits per heavy atom. The molecule has 5 nitrogen and oxygen atoms in total. The molecule has 0 heterocycles. The number of hydrogen-bond acceptors (Lipinski definition) is 4. The van der Waals surface area contributed by atoms with Crippen LogP contribution in [0, 0.1) is 5.92 Å². The Balaban J connectivity index is 1.85. The lowest BCUT2D eigenvalue weighted by molar-refractivity contribution is 0.0977. The Labute approximate surface area is 165 Å². The molecule has 0 radical (unpaired) electrons. The van der Waals surface area contributed by atoms with Crippen molar-refractivity contribution in [3.8, 4) is 11.5 Å². The molecule has 0 aromatic heterocycles. The van der Waals surface area contributed by atoms with E-state index in [1.807, 2.05) is 24.3 Å². The number of benzene rings is 2. The average molecular weight is 385 g/mol. The fourth-order valence-corrected chi connectivity index (χ4v) is 2.30. The summed E-state index contributed by atoms with van der Waals surface area (Å²) in [5, 5.41) is 5.85. The van der Waals surface area contributed by atoms with Crippen molar-refractivity contribution in [1.82, 2.24) is 5.32 Å². The third kappa shape index (κ3) is 7.11. The van der Waals surface area contributed by atoms with Gasteiger partial charge in [0.25, 0.3) is 5.91 Å². The zero-order chi connectivity index (χ0) is 19.6. The van der Waals surface area contributed by atoms with Crippen molar-refractivity contribution in [2.24, 2.45) is 5.92 Å². The van der Waals surface area contributed by atoms with Crippen molar-refractivity contribution < 1.29 is 14.3 Å². The molecular formula is C21H24N2O3S. The zero-order valence-electron chi connectivity index (χ0n) is 15.5. The van der Waals surface area contributed by atoms with Crippen LogP contribution in [0.15, 0.2) is 61.2 Å². The molecule has 0 saturated carbocycles. The second kappa shape index (κ2) is 10.3. The van der Waals surface area contributed by atoms with E-state index in [-0.39, 0.29) is 11.0 Å². The number of hydrogen-bond donors (Lipinski definition) is 2. The molecule has 1 amide bonds. The van der Waals surface area contributed by atoms with Crippen LogP contribution in [-0.2, 0) is 0 Å². The van der Waals surface area contributed by atoms with Crippen LogP contribution in [0.25, 0.3) is 0 Å². The van der Waals surface area contributed by atoms with E-state index in [0.29, 0.717) is 24.7 Å². The predicted molar refractivity (Wildman–Crippen MR) is 113 cm³/mol. The van der Waals surface area contributed by atoms with E-state index in [2.05, 4.69) is 31.1 Å². The molecule has 27 heavy (non-hydrogen) atoms. The van der Waals surface area contributed by atoms with Crippen LogP contribution in [0.3, 0.4) is 0 Å². The van der Waals surface area contributed by atoms with Gasteiger partial charge in [0.2, 0.25) is 0 Å². The second-order valence-electron chi connectivity index (χ2n) is 6.26. The van der Waals surface area contributed by atoms with E-state index in [9.17, 15) is 4.79 Å². The van der Waals surface area contributed by atoms with Crippen molar-refractivity contribution in [1.29, 1.82) is 0 Å². The van der Waals surface area contributed by atoms with Gasteiger partial charge in [-0.2, -0.15) is 0 Å². The molecule has 0 spiro atoms. The van der Waals surface area contributed by atoms with Gasteiger partial charge in [0.1, 0.15) is 18.1 Å². The minimum absolute atomic E-state index is 0.222. The molecule has 0 saturated heterocycles. The maximum atomic E-state index is 12.3. The normalized spacial score (nSPS) is 10.2. The number of ether oxygens (including phenoxy) is 2. The van der Waals surface area contributed by atoms with Crippen molar-refractivity contribution in [2.75, 3.05) is 18.5 Å². The highest BCUT2D eigenvalue weighted by molar-refractivity contribution is 7.80. The monoisotopic (exact) mass is 384 g/mol. The molecule has 0 unspecified atom stereocenters. The maximum absolute atomic E-state index is 12.3. The Kier molecular flexibility index (Phi) is 7.82. The highest BCUT2D eigenvalue weighted by Crippen LogP contribution is 2.16. The first-order chi connectivity index (χ1) is 13.0. The van der Waals surface area contributed by atoms with E-state index in [0.717, 1.165) is 17.2 Å². The Morgan fingerprint density at radius 3 is 2.26 bits per heavy atom. The first-order valence-corrected chi connectivity index (χ1v) is 9.07. The standard InChI is InChI=1S/C21H24N2O3S/c1-4-13-25-18-11-7-17(8-12-18)22-21(27)23-20(24)16-5-9-19(10-6-16)26-14-15(2)3/h4-12,15H,1,13-14H2,2-3H3,(H2,22,23,24,27). The number of thiocarbonyl (C=S) groups is 1. The lowest BCUT2D eigenvalue weighted by atomic mass is 10.2. The Morgan fingerprint density at radius 2 is 1.67 bits per heavy atom. The van der Waals surface area contributed by atoms with Crippen molar-refractivity contribution in [2.45, 2.75) is 13.8 Å². The van der Waals surface area contributed by atoms with Crippen LogP contribution in [0.2, 0.25) is 0 Å². The van der Waals surface area contributed by atoms with Gasteiger partial charge in [-0.25, -0.2) is 0 Å². The summed E-state index contributed by atoms with van der Waals surface area (Å²) in [5.74, 6) is 1.63. The van der Waals surface area contributed by atoms with Crippen LogP contribution in [0.4, 0.5) is 5.69 Å². The quantitative estimate of drug-likeness (QED) is 0.521. The third-order valence-corrected chi connectivity index (χ3v) is 3.61. The summed E-state index contributed by atoms with van der Waals surface area (Å²) in [6.07, 6.45) is 1.68. The molecule has 2 aromatic rings. The summed E-state index contributed by atoms with van der Waals surface area (Å²) in [5.41, 5.74) is 1.26. The highest BCUT2D eigenvalue weighted by Gasteiger charge is 2.08. The zero-order valence-corrected chi connectivity index (χ0v) is 16.3. The molecular weight excluding hydrogens is 360 g/mol. The molecule has 6 heteroatoms. The van der Waals surface area contributed by atoms with Gasteiger partial charge >= 0.3 is 0 Å². The molecule has 0 fully saturated rings.